The van der Waals surface area contributed by atoms with Gasteiger partial charge in [0.25, 0.3) is 5.56 Å². The Morgan fingerprint density at radius 1 is 1.53 bits per heavy atom. The summed E-state index contributed by atoms with van der Waals surface area (Å²) in [6, 6.07) is 3.63. The second-order valence-electron chi connectivity index (χ2n) is 3.54. The van der Waals surface area contributed by atoms with Gasteiger partial charge in [0.1, 0.15) is 6.54 Å². The number of pyridine rings is 1. The van der Waals surface area contributed by atoms with Crippen molar-refractivity contribution in [3.63, 3.8) is 0 Å². The van der Waals surface area contributed by atoms with Crippen molar-refractivity contribution in [2.24, 2.45) is 0 Å². The Bertz CT molecular complexity index is 612. The fourth-order valence-corrected chi connectivity index (χ4v) is 2.30. The third-order valence-corrected chi connectivity index (χ3v) is 3.23. The number of amides is 1. The summed E-state index contributed by atoms with van der Waals surface area (Å²) < 4.78 is 2.35. The second kappa shape index (κ2) is 4.97. The molecule has 4 nitrogen and oxygen atoms in total. The van der Waals surface area contributed by atoms with E-state index in [0.717, 1.165) is 4.70 Å². The van der Waals surface area contributed by atoms with Crippen LogP contribution < -0.4 is 10.9 Å². The molecular formula is C12H12N2O2S. The average molecular weight is 248 g/mol. The van der Waals surface area contributed by atoms with Crippen molar-refractivity contribution >= 4 is 27.3 Å². The van der Waals surface area contributed by atoms with E-state index >= 15 is 0 Å². The normalized spacial score (nSPS) is 10.4. The number of rotatable bonds is 4. The van der Waals surface area contributed by atoms with E-state index in [4.69, 9.17) is 0 Å². The van der Waals surface area contributed by atoms with Crippen LogP contribution in [0.3, 0.4) is 0 Å². The van der Waals surface area contributed by atoms with Crippen molar-refractivity contribution in [3.8, 4) is 0 Å². The van der Waals surface area contributed by atoms with Gasteiger partial charge in [-0.1, -0.05) is 6.08 Å². The van der Waals surface area contributed by atoms with Crippen LogP contribution in [0.5, 0.6) is 0 Å². The Morgan fingerprint density at radius 3 is 3.12 bits per heavy atom. The first-order valence-electron chi connectivity index (χ1n) is 5.16. The fraction of sp³-hybridized carbons (Fsp3) is 0.167. The van der Waals surface area contributed by atoms with Crippen LogP contribution in [-0.4, -0.2) is 17.0 Å². The first-order chi connectivity index (χ1) is 8.22. The topological polar surface area (TPSA) is 51.1 Å². The smallest absolute Gasteiger partial charge is 0.259 e. The molecule has 0 aliphatic heterocycles. The number of aromatic nitrogens is 1. The van der Waals surface area contributed by atoms with Crippen LogP contribution in [0, 0.1) is 0 Å². The van der Waals surface area contributed by atoms with Crippen molar-refractivity contribution in [1.29, 1.82) is 0 Å². The number of carbonyl (C=O) groups is 1. The molecule has 17 heavy (non-hydrogen) atoms. The molecule has 0 radical (unpaired) electrons. The Labute approximate surface area is 102 Å². The molecule has 0 saturated carbocycles. The van der Waals surface area contributed by atoms with E-state index in [2.05, 4.69) is 11.9 Å². The lowest BCUT2D eigenvalue weighted by molar-refractivity contribution is -0.121. The highest BCUT2D eigenvalue weighted by atomic mass is 32.1. The molecule has 0 unspecified atom stereocenters. The summed E-state index contributed by atoms with van der Waals surface area (Å²) in [5, 5.41) is 5.17. The fourth-order valence-electron chi connectivity index (χ4n) is 1.53. The van der Waals surface area contributed by atoms with Crippen LogP contribution in [0.1, 0.15) is 0 Å². The zero-order chi connectivity index (χ0) is 12.3. The van der Waals surface area contributed by atoms with Gasteiger partial charge in [-0.2, -0.15) is 0 Å². The predicted molar refractivity (Wildman–Crippen MR) is 69.3 cm³/mol. The summed E-state index contributed by atoms with van der Waals surface area (Å²) in [5.41, 5.74) is -0.127. The van der Waals surface area contributed by atoms with Gasteiger partial charge >= 0.3 is 0 Å². The lowest BCUT2D eigenvalue weighted by Crippen LogP contribution is -2.31. The molecule has 0 saturated heterocycles. The molecule has 2 heterocycles. The molecule has 0 aromatic carbocycles. The average Bonchev–Trinajstić information content (AvgIpc) is 2.79. The lowest BCUT2D eigenvalue weighted by atomic mass is 10.3. The molecule has 0 aliphatic carbocycles. The highest BCUT2D eigenvalue weighted by molar-refractivity contribution is 7.17. The van der Waals surface area contributed by atoms with Crippen LogP contribution in [0.4, 0.5) is 0 Å². The Morgan fingerprint density at radius 2 is 2.35 bits per heavy atom. The quantitative estimate of drug-likeness (QED) is 0.831. The van der Waals surface area contributed by atoms with Gasteiger partial charge in [-0.05, 0) is 17.5 Å². The largest absolute Gasteiger partial charge is 0.351 e. The summed E-state index contributed by atoms with van der Waals surface area (Å²) in [6.07, 6.45) is 3.25. The van der Waals surface area contributed by atoms with Crippen LogP contribution in [0.15, 0.2) is 41.2 Å². The second-order valence-corrected chi connectivity index (χ2v) is 4.49. The molecule has 2 aromatic rings. The molecule has 0 fully saturated rings. The molecular weight excluding hydrogens is 236 g/mol. The predicted octanol–water partition coefficient (Wildman–Crippen LogP) is 1.37. The zero-order valence-electron chi connectivity index (χ0n) is 9.18. The number of hydrogen-bond acceptors (Lipinski definition) is 3. The first kappa shape index (κ1) is 11.6. The highest BCUT2D eigenvalue weighted by Crippen LogP contribution is 2.15. The van der Waals surface area contributed by atoms with Gasteiger partial charge in [0.15, 0.2) is 0 Å². The van der Waals surface area contributed by atoms with E-state index in [9.17, 15) is 9.59 Å². The molecule has 1 amide bonds. The number of fused-ring (bicyclic) bond motifs is 1. The van der Waals surface area contributed by atoms with Crippen molar-refractivity contribution in [2.45, 2.75) is 6.54 Å². The Hall–Kier alpha value is -1.88. The minimum Gasteiger partial charge on any atom is -0.351 e. The van der Waals surface area contributed by atoms with E-state index in [0.29, 0.717) is 11.9 Å². The third-order valence-electron chi connectivity index (χ3n) is 2.35. The third kappa shape index (κ3) is 2.45. The molecule has 2 rings (SSSR count). The number of nitrogens with one attached hydrogen (secondary N) is 1. The molecule has 2 aromatic heterocycles. The summed E-state index contributed by atoms with van der Waals surface area (Å²) in [4.78, 5) is 23.5. The molecule has 0 spiro atoms. The van der Waals surface area contributed by atoms with E-state index in [1.54, 1.807) is 18.3 Å². The number of thiophene rings is 1. The SMILES string of the molecule is C=CCNC(=O)Cn1ccc2sccc2c1=O. The van der Waals surface area contributed by atoms with E-state index in [1.165, 1.54) is 15.9 Å². The van der Waals surface area contributed by atoms with Crippen LogP contribution in [-0.2, 0) is 11.3 Å². The number of carbonyl (C=O) groups excluding carboxylic acids is 1. The monoisotopic (exact) mass is 248 g/mol. The van der Waals surface area contributed by atoms with Gasteiger partial charge in [-0.15, -0.1) is 17.9 Å². The van der Waals surface area contributed by atoms with Crippen LogP contribution in [0.25, 0.3) is 10.1 Å². The summed E-state index contributed by atoms with van der Waals surface area (Å²) in [6.45, 7) is 3.96. The standard InChI is InChI=1S/C12H12N2O2S/c1-2-5-13-11(15)8-14-6-3-10-9(12(14)16)4-7-17-10/h2-4,6-7H,1,5,8H2,(H,13,15). The maximum atomic E-state index is 12.0. The minimum atomic E-state index is -0.193. The molecule has 0 bridgehead atoms. The highest BCUT2D eigenvalue weighted by Gasteiger charge is 2.06. The van der Waals surface area contributed by atoms with Gasteiger partial charge in [0, 0.05) is 17.4 Å². The van der Waals surface area contributed by atoms with Gasteiger partial charge in [-0.25, -0.2) is 0 Å². The maximum absolute atomic E-state index is 12.0. The Kier molecular flexibility index (Phi) is 3.39. The van der Waals surface area contributed by atoms with Gasteiger partial charge in [0.2, 0.25) is 5.91 Å². The maximum Gasteiger partial charge on any atom is 0.259 e. The van der Waals surface area contributed by atoms with Crippen LogP contribution in [0.2, 0.25) is 0 Å². The molecule has 1 N–H and O–H groups in total. The van der Waals surface area contributed by atoms with Gasteiger partial charge in [0.05, 0.1) is 5.39 Å². The summed E-state index contributed by atoms with van der Waals surface area (Å²) in [5.74, 6) is -0.193. The zero-order valence-corrected chi connectivity index (χ0v) is 10.00. The van der Waals surface area contributed by atoms with Gasteiger partial charge < -0.3 is 9.88 Å². The Balaban J connectivity index is 2.24. The number of nitrogens with zero attached hydrogens (tertiary/aromatic N) is 1. The van der Waals surface area contributed by atoms with Crippen molar-refractivity contribution in [2.75, 3.05) is 6.54 Å². The van der Waals surface area contributed by atoms with Crippen molar-refractivity contribution in [3.05, 3.63) is 46.7 Å². The molecule has 0 aliphatic rings. The lowest BCUT2D eigenvalue weighted by Gasteiger charge is -2.05. The molecule has 5 heteroatoms. The number of hydrogen-bond donors (Lipinski definition) is 1. The minimum absolute atomic E-state index is 0.0401. The van der Waals surface area contributed by atoms with Crippen molar-refractivity contribution < 1.29 is 4.79 Å². The van der Waals surface area contributed by atoms with E-state index in [1.807, 2.05) is 11.4 Å². The van der Waals surface area contributed by atoms with E-state index in [-0.39, 0.29) is 18.0 Å². The van der Waals surface area contributed by atoms with Crippen molar-refractivity contribution in [1.82, 2.24) is 9.88 Å². The summed E-state index contributed by atoms with van der Waals surface area (Å²) >= 11 is 1.52. The summed E-state index contributed by atoms with van der Waals surface area (Å²) in [7, 11) is 0. The van der Waals surface area contributed by atoms with Crippen LogP contribution >= 0.6 is 11.3 Å². The molecule has 0 atom stereocenters. The first-order valence-corrected chi connectivity index (χ1v) is 6.04. The van der Waals surface area contributed by atoms with E-state index < -0.39 is 0 Å². The van der Waals surface area contributed by atoms with Gasteiger partial charge in [-0.3, -0.25) is 9.59 Å². The molecule has 88 valence electrons.